The first-order valence-electron chi connectivity index (χ1n) is 9.21. The molecule has 3 aromatic carbocycles. The molecule has 0 amide bonds. The highest BCUT2D eigenvalue weighted by atomic mass is 35.5. The largest absolute Gasteiger partial charge is 0.317 e. The number of imidazole rings is 1. The molecule has 0 fully saturated rings. The van der Waals surface area contributed by atoms with Crippen LogP contribution in [0.25, 0.3) is 22.5 Å². The van der Waals surface area contributed by atoms with Gasteiger partial charge in [-0.3, -0.25) is 0 Å². The number of hydrogen-bond acceptors (Lipinski definition) is 3. The molecule has 0 aliphatic rings. The maximum Gasteiger partial charge on any atom is 0.228 e. The van der Waals surface area contributed by atoms with Gasteiger partial charge in [0.15, 0.2) is 0 Å². The van der Waals surface area contributed by atoms with Crippen LogP contribution < -0.4 is 0 Å². The van der Waals surface area contributed by atoms with Gasteiger partial charge in [-0.1, -0.05) is 89.9 Å². The fourth-order valence-electron chi connectivity index (χ4n) is 3.39. The molecule has 0 unspecified atom stereocenters. The van der Waals surface area contributed by atoms with Crippen molar-refractivity contribution in [3.05, 3.63) is 94.5 Å². The Kier molecular flexibility index (Phi) is 5.69. The second-order valence-electron chi connectivity index (χ2n) is 6.89. The Balaban J connectivity index is 1.86. The molecule has 0 atom stereocenters. The van der Waals surface area contributed by atoms with Crippen molar-refractivity contribution < 1.29 is 8.42 Å². The molecule has 7 heteroatoms. The average molecular weight is 457 g/mol. The van der Waals surface area contributed by atoms with Crippen LogP contribution in [0.5, 0.6) is 0 Å². The smallest absolute Gasteiger partial charge is 0.228 e. The fourth-order valence-corrected chi connectivity index (χ4v) is 5.20. The molecule has 0 N–H and O–H groups in total. The van der Waals surface area contributed by atoms with E-state index in [4.69, 9.17) is 23.2 Å². The molecule has 0 saturated heterocycles. The Hall–Kier alpha value is -2.60. The SMILES string of the molecule is Cn1c(S(=O)(=O)Cc2ccc(Cl)c(Cl)c2)nc(-c2ccccc2)c1-c1ccccc1. The number of sulfone groups is 1. The van der Waals surface area contributed by atoms with Gasteiger partial charge < -0.3 is 4.57 Å². The second-order valence-corrected chi connectivity index (χ2v) is 9.59. The maximum atomic E-state index is 13.3. The molecule has 0 radical (unpaired) electrons. The molecule has 1 aromatic heterocycles. The van der Waals surface area contributed by atoms with Gasteiger partial charge in [-0.15, -0.1) is 0 Å². The Morgan fingerprint density at radius 1 is 0.833 bits per heavy atom. The van der Waals surface area contributed by atoms with Crippen molar-refractivity contribution >= 4 is 33.0 Å². The zero-order chi connectivity index (χ0) is 21.3. The molecule has 152 valence electrons. The summed E-state index contributed by atoms with van der Waals surface area (Å²) in [6, 6.07) is 24.0. The van der Waals surface area contributed by atoms with Crippen molar-refractivity contribution in [3.63, 3.8) is 0 Å². The van der Waals surface area contributed by atoms with Crippen LogP contribution in [0.1, 0.15) is 5.56 Å². The summed E-state index contributed by atoms with van der Waals surface area (Å²) in [5.74, 6) is -0.225. The monoisotopic (exact) mass is 456 g/mol. The lowest BCUT2D eigenvalue weighted by Crippen LogP contribution is -2.11. The van der Waals surface area contributed by atoms with Gasteiger partial charge in [0.05, 0.1) is 27.2 Å². The van der Waals surface area contributed by atoms with Gasteiger partial charge in [0, 0.05) is 18.2 Å². The molecular weight excluding hydrogens is 439 g/mol. The highest BCUT2D eigenvalue weighted by molar-refractivity contribution is 7.90. The minimum Gasteiger partial charge on any atom is -0.317 e. The summed E-state index contributed by atoms with van der Waals surface area (Å²) in [5.41, 5.74) is 3.66. The van der Waals surface area contributed by atoms with E-state index < -0.39 is 9.84 Å². The van der Waals surface area contributed by atoms with E-state index in [1.165, 1.54) is 0 Å². The standard InChI is InChI=1S/C23H18Cl2N2O2S/c1-27-22(18-10-6-3-7-11-18)21(17-8-4-2-5-9-17)26-23(27)30(28,29)15-16-12-13-19(24)20(25)14-16/h2-14H,15H2,1H3. The summed E-state index contributed by atoms with van der Waals surface area (Å²) < 4.78 is 28.2. The number of benzene rings is 3. The van der Waals surface area contributed by atoms with Gasteiger partial charge in [0.1, 0.15) is 0 Å². The van der Waals surface area contributed by atoms with Crippen LogP contribution in [0.15, 0.2) is 84.0 Å². The summed E-state index contributed by atoms with van der Waals surface area (Å²) in [4.78, 5) is 4.58. The van der Waals surface area contributed by atoms with Gasteiger partial charge in [-0.25, -0.2) is 13.4 Å². The van der Waals surface area contributed by atoms with Crippen molar-refractivity contribution in [3.8, 4) is 22.5 Å². The first kappa shape index (κ1) is 20.7. The minimum atomic E-state index is -3.74. The van der Waals surface area contributed by atoms with Gasteiger partial charge in [0.25, 0.3) is 0 Å². The molecule has 4 aromatic rings. The number of aromatic nitrogens is 2. The van der Waals surface area contributed by atoms with Crippen LogP contribution >= 0.6 is 23.2 Å². The molecule has 1 heterocycles. The second kappa shape index (κ2) is 8.26. The first-order chi connectivity index (χ1) is 14.4. The Bertz CT molecular complexity index is 1300. The average Bonchev–Trinajstić information content (AvgIpc) is 3.10. The highest BCUT2D eigenvalue weighted by Gasteiger charge is 2.27. The van der Waals surface area contributed by atoms with E-state index in [1.54, 1.807) is 29.8 Å². The van der Waals surface area contributed by atoms with Crippen molar-refractivity contribution in [2.75, 3.05) is 0 Å². The summed E-state index contributed by atoms with van der Waals surface area (Å²) in [6.45, 7) is 0. The van der Waals surface area contributed by atoms with Crippen LogP contribution in [0.2, 0.25) is 10.0 Å². The Morgan fingerprint density at radius 3 is 2.03 bits per heavy atom. The normalized spacial score (nSPS) is 11.6. The summed E-state index contributed by atoms with van der Waals surface area (Å²) >= 11 is 12.0. The predicted octanol–water partition coefficient (Wildman–Crippen LogP) is 6.03. The third-order valence-corrected chi connectivity index (χ3v) is 7.14. The topological polar surface area (TPSA) is 52.0 Å². The van der Waals surface area contributed by atoms with Crippen molar-refractivity contribution in [1.82, 2.24) is 9.55 Å². The number of nitrogens with zero attached hydrogens (tertiary/aromatic N) is 2. The van der Waals surface area contributed by atoms with Crippen LogP contribution in [-0.4, -0.2) is 18.0 Å². The fraction of sp³-hybridized carbons (Fsp3) is 0.0870. The minimum absolute atomic E-state index is 0.00581. The first-order valence-corrected chi connectivity index (χ1v) is 11.6. The molecule has 0 aliphatic carbocycles. The van der Waals surface area contributed by atoms with Crippen LogP contribution in [0, 0.1) is 0 Å². The van der Waals surface area contributed by atoms with Gasteiger partial charge >= 0.3 is 0 Å². The van der Waals surface area contributed by atoms with E-state index >= 15 is 0 Å². The number of halogens is 2. The van der Waals surface area contributed by atoms with E-state index in [9.17, 15) is 8.42 Å². The molecule has 4 rings (SSSR count). The quantitative estimate of drug-likeness (QED) is 0.368. The molecule has 0 spiro atoms. The summed E-state index contributed by atoms with van der Waals surface area (Å²) in [7, 11) is -2.02. The third-order valence-electron chi connectivity index (χ3n) is 4.77. The summed E-state index contributed by atoms with van der Waals surface area (Å²) in [5, 5.41) is 0.706. The maximum absolute atomic E-state index is 13.3. The van der Waals surface area contributed by atoms with Crippen molar-refractivity contribution in [2.45, 2.75) is 10.9 Å². The van der Waals surface area contributed by atoms with Crippen LogP contribution in [-0.2, 0) is 22.6 Å². The lowest BCUT2D eigenvalue weighted by atomic mass is 10.1. The zero-order valence-electron chi connectivity index (χ0n) is 16.1. The van der Waals surface area contributed by atoms with Gasteiger partial charge in [-0.05, 0) is 17.7 Å². The molecule has 0 bridgehead atoms. The highest BCUT2D eigenvalue weighted by Crippen LogP contribution is 2.34. The molecular formula is C23H18Cl2N2O2S. The van der Waals surface area contributed by atoms with Gasteiger partial charge in [0.2, 0.25) is 15.0 Å². The Labute approximate surface area is 185 Å². The number of rotatable bonds is 5. The lowest BCUT2D eigenvalue weighted by molar-refractivity contribution is 0.579. The summed E-state index contributed by atoms with van der Waals surface area (Å²) in [6.07, 6.45) is 0. The molecule has 0 saturated carbocycles. The van der Waals surface area contributed by atoms with Crippen molar-refractivity contribution in [1.29, 1.82) is 0 Å². The zero-order valence-corrected chi connectivity index (χ0v) is 18.4. The molecule has 30 heavy (non-hydrogen) atoms. The third kappa shape index (κ3) is 4.01. The van der Waals surface area contributed by atoms with E-state index in [1.807, 2.05) is 60.7 Å². The van der Waals surface area contributed by atoms with Crippen LogP contribution in [0.3, 0.4) is 0 Å². The number of hydrogen-bond donors (Lipinski definition) is 0. The molecule has 4 nitrogen and oxygen atoms in total. The van der Waals surface area contributed by atoms with E-state index in [2.05, 4.69) is 4.98 Å². The lowest BCUT2D eigenvalue weighted by Gasteiger charge is -2.09. The van der Waals surface area contributed by atoms with E-state index in [0.29, 0.717) is 21.3 Å². The van der Waals surface area contributed by atoms with Gasteiger partial charge in [-0.2, -0.15) is 0 Å². The molecule has 0 aliphatic heterocycles. The van der Waals surface area contributed by atoms with E-state index in [-0.39, 0.29) is 10.9 Å². The van der Waals surface area contributed by atoms with E-state index in [0.717, 1.165) is 16.8 Å². The van der Waals surface area contributed by atoms with Crippen molar-refractivity contribution in [2.24, 2.45) is 7.05 Å². The Morgan fingerprint density at radius 2 is 1.43 bits per heavy atom. The predicted molar refractivity (Wildman–Crippen MR) is 121 cm³/mol. The van der Waals surface area contributed by atoms with Crippen LogP contribution in [0.4, 0.5) is 0 Å².